The monoisotopic (exact) mass is 211 g/mol. The van der Waals surface area contributed by atoms with E-state index in [1.165, 1.54) is 0 Å². The Morgan fingerprint density at radius 2 is 2.33 bits per heavy atom. The summed E-state index contributed by atoms with van der Waals surface area (Å²) in [5, 5.41) is 3.95. The van der Waals surface area contributed by atoms with E-state index in [-0.39, 0.29) is 11.9 Å². The Bertz CT molecular complexity index is 309. The Kier molecular flexibility index (Phi) is 2.44. The molecule has 0 aromatic rings. The molecule has 0 amide bonds. The van der Waals surface area contributed by atoms with Crippen molar-refractivity contribution in [1.29, 1.82) is 0 Å². The van der Waals surface area contributed by atoms with Crippen molar-refractivity contribution < 1.29 is 14.4 Å². The largest absolute Gasteiger partial charge is 0.463 e. The first kappa shape index (κ1) is 10.5. The molecule has 0 spiro atoms. The number of carbonyl (C=O) groups excluding carboxylic acids is 1. The normalized spacial score (nSPS) is 34.6. The minimum Gasteiger partial charge on any atom is -0.463 e. The molecule has 0 saturated heterocycles. The standard InChI is InChI=1S/C11H17NO3/c1-4-14-10(13)11(3)9(8-5-6-8)7(2)12-15-11/h8-9H,4-6H2,1-3H3. The van der Waals surface area contributed by atoms with Gasteiger partial charge in [0.25, 0.3) is 0 Å². The Labute approximate surface area is 89.6 Å². The van der Waals surface area contributed by atoms with E-state index in [4.69, 9.17) is 9.57 Å². The first-order valence-electron chi connectivity index (χ1n) is 5.49. The van der Waals surface area contributed by atoms with Gasteiger partial charge in [-0.25, -0.2) is 4.79 Å². The van der Waals surface area contributed by atoms with Crippen molar-refractivity contribution in [2.45, 2.75) is 39.2 Å². The molecule has 0 radical (unpaired) electrons. The molecule has 2 unspecified atom stereocenters. The second kappa shape index (κ2) is 3.51. The maximum atomic E-state index is 11.8. The first-order valence-corrected chi connectivity index (χ1v) is 5.49. The van der Waals surface area contributed by atoms with Crippen LogP contribution in [0.25, 0.3) is 0 Å². The molecule has 1 aliphatic heterocycles. The molecule has 2 rings (SSSR count). The van der Waals surface area contributed by atoms with Gasteiger partial charge in [0.2, 0.25) is 5.60 Å². The Hall–Kier alpha value is -1.06. The fourth-order valence-electron chi connectivity index (χ4n) is 2.34. The molecule has 15 heavy (non-hydrogen) atoms. The maximum absolute atomic E-state index is 11.8. The molecule has 1 fully saturated rings. The third-order valence-corrected chi connectivity index (χ3v) is 3.20. The first-order chi connectivity index (χ1) is 7.09. The van der Waals surface area contributed by atoms with E-state index in [1.54, 1.807) is 13.8 Å². The minimum absolute atomic E-state index is 0.108. The van der Waals surface area contributed by atoms with Crippen molar-refractivity contribution in [3.05, 3.63) is 0 Å². The number of esters is 1. The van der Waals surface area contributed by atoms with Crippen molar-refractivity contribution in [1.82, 2.24) is 0 Å². The van der Waals surface area contributed by atoms with E-state index in [2.05, 4.69) is 5.16 Å². The summed E-state index contributed by atoms with van der Waals surface area (Å²) in [5.74, 6) is 0.365. The third kappa shape index (κ3) is 1.62. The van der Waals surface area contributed by atoms with Gasteiger partial charge in [-0.05, 0) is 39.5 Å². The van der Waals surface area contributed by atoms with Crippen molar-refractivity contribution in [3.63, 3.8) is 0 Å². The van der Waals surface area contributed by atoms with Gasteiger partial charge in [-0.15, -0.1) is 0 Å². The number of carbonyl (C=O) groups is 1. The molecular weight excluding hydrogens is 194 g/mol. The van der Waals surface area contributed by atoms with Crippen molar-refractivity contribution in [2.75, 3.05) is 6.61 Å². The summed E-state index contributed by atoms with van der Waals surface area (Å²) in [6, 6.07) is 0. The van der Waals surface area contributed by atoms with Crippen LogP contribution >= 0.6 is 0 Å². The highest BCUT2D eigenvalue weighted by Crippen LogP contribution is 2.47. The average Bonchev–Trinajstić information content (AvgIpc) is 2.95. The van der Waals surface area contributed by atoms with E-state index >= 15 is 0 Å². The van der Waals surface area contributed by atoms with E-state index in [1.807, 2.05) is 6.92 Å². The molecule has 1 saturated carbocycles. The van der Waals surface area contributed by atoms with Crippen LogP contribution in [0.2, 0.25) is 0 Å². The van der Waals surface area contributed by atoms with E-state index in [0.29, 0.717) is 12.5 Å². The quantitative estimate of drug-likeness (QED) is 0.668. The zero-order valence-corrected chi connectivity index (χ0v) is 9.45. The number of nitrogens with zero attached hydrogens (tertiary/aromatic N) is 1. The molecule has 4 heteroatoms. The molecule has 2 aliphatic rings. The zero-order valence-electron chi connectivity index (χ0n) is 9.45. The van der Waals surface area contributed by atoms with Gasteiger partial charge in [-0.3, -0.25) is 0 Å². The molecule has 0 aromatic heterocycles. The maximum Gasteiger partial charge on any atom is 0.353 e. The van der Waals surface area contributed by atoms with Gasteiger partial charge < -0.3 is 9.57 Å². The number of hydrogen-bond donors (Lipinski definition) is 0. The number of oxime groups is 1. The minimum atomic E-state index is -0.888. The van der Waals surface area contributed by atoms with Gasteiger partial charge >= 0.3 is 5.97 Å². The number of hydrogen-bond acceptors (Lipinski definition) is 4. The summed E-state index contributed by atoms with van der Waals surface area (Å²) >= 11 is 0. The van der Waals surface area contributed by atoms with Crippen LogP contribution in [0.15, 0.2) is 5.16 Å². The van der Waals surface area contributed by atoms with Gasteiger partial charge in [0.15, 0.2) is 0 Å². The van der Waals surface area contributed by atoms with Crippen LogP contribution in [0.5, 0.6) is 0 Å². The molecule has 84 valence electrons. The highest BCUT2D eigenvalue weighted by Gasteiger charge is 2.56. The summed E-state index contributed by atoms with van der Waals surface area (Å²) in [7, 11) is 0. The average molecular weight is 211 g/mol. The molecular formula is C11H17NO3. The number of rotatable bonds is 3. The lowest BCUT2D eigenvalue weighted by molar-refractivity contribution is -0.171. The lowest BCUT2D eigenvalue weighted by Crippen LogP contribution is -2.45. The lowest BCUT2D eigenvalue weighted by Gasteiger charge is -2.26. The van der Waals surface area contributed by atoms with Crippen LogP contribution in [0, 0.1) is 11.8 Å². The molecule has 0 bridgehead atoms. The lowest BCUT2D eigenvalue weighted by atomic mass is 9.82. The Morgan fingerprint density at radius 1 is 1.67 bits per heavy atom. The molecule has 0 N–H and O–H groups in total. The number of ether oxygens (including phenoxy) is 1. The summed E-state index contributed by atoms with van der Waals surface area (Å²) in [6.07, 6.45) is 2.33. The van der Waals surface area contributed by atoms with E-state index in [0.717, 1.165) is 18.6 Å². The fraction of sp³-hybridized carbons (Fsp3) is 0.818. The predicted octanol–water partition coefficient (Wildman–Crippen LogP) is 1.74. The molecule has 2 atom stereocenters. The summed E-state index contributed by atoms with van der Waals surface area (Å²) in [6.45, 7) is 5.89. The highest BCUT2D eigenvalue weighted by molar-refractivity contribution is 5.94. The van der Waals surface area contributed by atoms with Gasteiger partial charge in [-0.2, -0.15) is 0 Å². The van der Waals surface area contributed by atoms with Crippen LogP contribution in [0.1, 0.15) is 33.6 Å². The van der Waals surface area contributed by atoms with Crippen molar-refractivity contribution in [3.8, 4) is 0 Å². The molecule has 0 aromatic carbocycles. The second-order valence-corrected chi connectivity index (χ2v) is 4.47. The molecule has 1 aliphatic carbocycles. The van der Waals surface area contributed by atoms with Gasteiger partial charge in [0.1, 0.15) is 0 Å². The van der Waals surface area contributed by atoms with Crippen LogP contribution < -0.4 is 0 Å². The SMILES string of the molecule is CCOC(=O)C1(C)ON=C(C)C1C1CC1. The van der Waals surface area contributed by atoms with Crippen LogP contribution in [0.3, 0.4) is 0 Å². The van der Waals surface area contributed by atoms with Crippen molar-refractivity contribution in [2.24, 2.45) is 17.0 Å². The smallest absolute Gasteiger partial charge is 0.353 e. The third-order valence-electron chi connectivity index (χ3n) is 3.20. The highest BCUT2D eigenvalue weighted by atomic mass is 16.7. The van der Waals surface area contributed by atoms with Crippen LogP contribution in [-0.4, -0.2) is 23.9 Å². The molecule has 4 nitrogen and oxygen atoms in total. The van der Waals surface area contributed by atoms with Crippen LogP contribution in [0.4, 0.5) is 0 Å². The Morgan fingerprint density at radius 3 is 2.87 bits per heavy atom. The van der Waals surface area contributed by atoms with Gasteiger partial charge in [0, 0.05) is 0 Å². The second-order valence-electron chi connectivity index (χ2n) is 4.47. The Balaban J connectivity index is 2.17. The molecule has 1 heterocycles. The summed E-state index contributed by atoms with van der Waals surface area (Å²) < 4.78 is 5.05. The van der Waals surface area contributed by atoms with Gasteiger partial charge in [-0.1, -0.05) is 5.16 Å². The predicted molar refractivity (Wildman–Crippen MR) is 55.4 cm³/mol. The van der Waals surface area contributed by atoms with Crippen molar-refractivity contribution >= 4 is 11.7 Å². The summed E-state index contributed by atoms with van der Waals surface area (Å²) in [5.41, 5.74) is 0.0365. The zero-order chi connectivity index (χ0) is 11.1. The van der Waals surface area contributed by atoms with E-state index < -0.39 is 5.60 Å². The van der Waals surface area contributed by atoms with Gasteiger partial charge in [0.05, 0.1) is 18.2 Å². The fourth-order valence-corrected chi connectivity index (χ4v) is 2.34. The van der Waals surface area contributed by atoms with E-state index in [9.17, 15) is 4.79 Å². The van der Waals surface area contributed by atoms with Crippen LogP contribution in [-0.2, 0) is 14.4 Å². The summed E-state index contributed by atoms with van der Waals surface area (Å²) in [4.78, 5) is 17.1. The topological polar surface area (TPSA) is 47.9 Å².